The summed E-state index contributed by atoms with van der Waals surface area (Å²) in [6, 6.07) is 3.38. The maximum Gasteiger partial charge on any atom is 0.395 e. The zero-order chi connectivity index (χ0) is 21.4. The molecule has 1 atom stereocenters. The molecule has 1 heterocycles. The minimum absolute atomic E-state index is 0.108. The molecule has 0 spiro atoms. The summed E-state index contributed by atoms with van der Waals surface area (Å²) in [7, 11) is 0. The molecule has 0 unspecified atom stereocenters. The molecule has 1 fully saturated rings. The van der Waals surface area contributed by atoms with E-state index in [1.54, 1.807) is 0 Å². The highest BCUT2D eigenvalue weighted by molar-refractivity contribution is 6.33. The molecule has 6 nitrogen and oxygen atoms in total. The van der Waals surface area contributed by atoms with Crippen LogP contribution in [-0.4, -0.2) is 33.5 Å². The molecule has 3 rings (SSSR count). The average Bonchev–Trinajstić information content (AvgIpc) is 3.26. The maximum absolute atomic E-state index is 13.0. The summed E-state index contributed by atoms with van der Waals surface area (Å²) < 4.78 is 70.1. The Morgan fingerprint density at radius 1 is 1.34 bits per heavy atom. The predicted octanol–water partition coefficient (Wildman–Crippen LogP) is 4.27. The highest BCUT2D eigenvalue weighted by Crippen LogP contribution is 2.60. The number of halogens is 6. The summed E-state index contributed by atoms with van der Waals surface area (Å²) in [5.74, 6) is -1.18. The van der Waals surface area contributed by atoms with E-state index in [1.807, 2.05) is 0 Å². The Morgan fingerprint density at radius 2 is 2.03 bits per heavy atom. The van der Waals surface area contributed by atoms with Crippen molar-refractivity contribution in [2.24, 2.45) is 11.1 Å². The van der Waals surface area contributed by atoms with Crippen molar-refractivity contribution in [3.63, 3.8) is 0 Å². The molecular formula is C17H16ClF5N4O2. The van der Waals surface area contributed by atoms with E-state index in [0.29, 0.717) is 10.2 Å². The van der Waals surface area contributed by atoms with Crippen molar-refractivity contribution in [3.05, 3.63) is 35.1 Å². The van der Waals surface area contributed by atoms with Crippen LogP contribution in [0.2, 0.25) is 5.02 Å². The van der Waals surface area contributed by atoms with Gasteiger partial charge in [0.1, 0.15) is 12.9 Å². The Kier molecular flexibility index (Phi) is 5.81. The van der Waals surface area contributed by atoms with Crippen LogP contribution in [0.4, 0.5) is 22.0 Å². The molecule has 0 bridgehead atoms. The van der Waals surface area contributed by atoms with Gasteiger partial charge in [0.2, 0.25) is 0 Å². The van der Waals surface area contributed by atoms with Crippen LogP contribution in [0.25, 0.3) is 11.4 Å². The molecule has 1 aromatic carbocycles. The van der Waals surface area contributed by atoms with Crippen LogP contribution >= 0.6 is 11.6 Å². The maximum atomic E-state index is 13.0. The lowest BCUT2D eigenvalue weighted by Crippen LogP contribution is -2.29. The number of ether oxygens (including phenoxy) is 1. The van der Waals surface area contributed by atoms with Crippen molar-refractivity contribution in [2.75, 3.05) is 6.61 Å². The van der Waals surface area contributed by atoms with E-state index in [-0.39, 0.29) is 35.9 Å². The number of alkyl halides is 5. The van der Waals surface area contributed by atoms with Crippen molar-refractivity contribution in [1.29, 1.82) is 0 Å². The van der Waals surface area contributed by atoms with Crippen LogP contribution in [0.5, 0.6) is 0 Å². The van der Waals surface area contributed by atoms with E-state index >= 15 is 0 Å². The number of hydrogen-bond acceptors (Lipinski definition) is 5. The Hall–Kier alpha value is -2.27. The summed E-state index contributed by atoms with van der Waals surface area (Å²) in [6.07, 6.45) is -4.49. The Balaban J connectivity index is 1.68. The summed E-state index contributed by atoms with van der Waals surface area (Å²) in [5.41, 5.74) is 4.46. The SMILES string of the molecule is N[C@H](COC(=O)CC1(C(F)(F)F)CC1)c1ccc(Cl)c(-c2ncnn2C(F)F)c1. The van der Waals surface area contributed by atoms with Crippen LogP contribution in [0.3, 0.4) is 0 Å². The number of nitrogens with zero attached hydrogens (tertiary/aromatic N) is 3. The predicted molar refractivity (Wildman–Crippen MR) is 91.9 cm³/mol. The van der Waals surface area contributed by atoms with Gasteiger partial charge in [0, 0.05) is 5.56 Å². The topological polar surface area (TPSA) is 83.0 Å². The van der Waals surface area contributed by atoms with E-state index in [0.717, 1.165) is 6.33 Å². The van der Waals surface area contributed by atoms with Gasteiger partial charge in [-0.25, -0.2) is 4.98 Å². The first-order chi connectivity index (χ1) is 13.5. The molecule has 2 aromatic rings. The van der Waals surface area contributed by atoms with Crippen molar-refractivity contribution >= 4 is 17.6 Å². The first-order valence-electron chi connectivity index (χ1n) is 8.49. The van der Waals surface area contributed by atoms with E-state index < -0.39 is 36.6 Å². The molecule has 29 heavy (non-hydrogen) atoms. The number of carbonyl (C=O) groups is 1. The lowest BCUT2D eigenvalue weighted by molar-refractivity contribution is -0.195. The molecule has 0 amide bonds. The van der Waals surface area contributed by atoms with Crippen molar-refractivity contribution in [1.82, 2.24) is 14.8 Å². The lowest BCUT2D eigenvalue weighted by atomic mass is 10.0. The quantitative estimate of drug-likeness (QED) is 0.515. The second-order valence-electron chi connectivity index (χ2n) is 6.79. The number of aromatic nitrogens is 3. The lowest BCUT2D eigenvalue weighted by Gasteiger charge is -2.19. The van der Waals surface area contributed by atoms with Crippen LogP contribution in [0.15, 0.2) is 24.5 Å². The normalized spacial score (nSPS) is 16.7. The number of nitrogens with two attached hydrogens (primary N) is 1. The molecule has 158 valence electrons. The summed E-state index contributed by atoms with van der Waals surface area (Å²) in [4.78, 5) is 15.6. The van der Waals surface area contributed by atoms with E-state index in [4.69, 9.17) is 22.1 Å². The number of rotatable bonds is 7. The fourth-order valence-electron chi connectivity index (χ4n) is 2.85. The van der Waals surface area contributed by atoms with Gasteiger partial charge < -0.3 is 10.5 Å². The summed E-state index contributed by atoms with van der Waals surface area (Å²) in [6.45, 7) is -3.32. The van der Waals surface area contributed by atoms with Crippen LogP contribution in [-0.2, 0) is 9.53 Å². The molecule has 1 aliphatic rings. The third-order valence-electron chi connectivity index (χ3n) is 4.78. The van der Waals surface area contributed by atoms with Gasteiger partial charge in [-0.3, -0.25) is 4.79 Å². The molecule has 0 radical (unpaired) electrons. The number of esters is 1. The molecule has 1 aliphatic carbocycles. The van der Waals surface area contributed by atoms with Gasteiger partial charge in [0.25, 0.3) is 0 Å². The highest BCUT2D eigenvalue weighted by Gasteiger charge is 2.64. The molecule has 1 saturated carbocycles. The molecule has 0 saturated heterocycles. The monoisotopic (exact) mass is 438 g/mol. The molecule has 12 heteroatoms. The molecular weight excluding hydrogens is 423 g/mol. The summed E-state index contributed by atoms with van der Waals surface area (Å²) >= 11 is 6.06. The third kappa shape index (κ3) is 4.50. The minimum Gasteiger partial charge on any atom is -0.464 e. The van der Waals surface area contributed by atoms with Gasteiger partial charge in [0.05, 0.1) is 22.9 Å². The van der Waals surface area contributed by atoms with Gasteiger partial charge in [-0.15, -0.1) is 0 Å². The average molecular weight is 439 g/mol. The van der Waals surface area contributed by atoms with Crippen LogP contribution in [0.1, 0.15) is 37.4 Å². The first-order valence-corrected chi connectivity index (χ1v) is 8.87. The standard InChI is InChI=1S/C17H16ClF5N4O2/c18-11-2-1-9(5-10(11)14-25-8-26-27(14)15(19)20)12(24)7-29-13(28)6-16(3-4-16)17(21,22)23/h1-2,5,8,12,15H,3-4,6-7,24H2/t12-/m1/s1. The smallest absolute Gasteiger partial charge is 0.395 e. The number of benzene rings is 1. The van der Waals surface area contributed by atoms with Gasteiger partial charge in [0.15, 0.2) is 5.82 Å². The Morgan fingerprint density at radius 3 is 2.62 bits per heavy atom. The van der Waals surface area contributed by atoms with Gasteiger partial charge in [-0.2, -0.15) is 31.7 Å². The van der Waals surface area contributed by atoms with Gasteiger partial charge in [-0.05, 0) is 30.5 Å². The highest BCUT2D eigenvalue weighted by atomic mass is 35.5. The van der Waals surface area contributed by atoms with Gasteiger partial charge in [-0.1, -0.05) is 17.7 Å². The zero-order valence-corrected chi connectivity index (χ0v) is 15.6. The fraction of sp³-hybridized carbons (Fsp3) is 0.471. The second-order valence-corrected chi connectivity index (χ2v) is 7.20. The van der Waals surface area contributed by atoms with Crippen molar-refractivity contribution in [3.8, 4) is 11.4 Å². The van der Waals surface area contributed by atoms with Crippen molar-refractivity contribution in [2.45, 2.75) is 38.0 Å². The Labute approximate surface area is 166 Å². The largest absolute Gasteiger partial charge is 0.464 e. The Bertz CT molecular complexity index is 898. The molecule has 0 aliphatic heterocycles. The zero-order valence-electron chi connectivity index (χ0n) is 14.8. The van der Waals surface area contributed by atoms with Crippen molar-refractivity contribution < 1.29 is 31.5 Å². The number of hydrogen-bond donors (Lipinski definition) is 1. The minimum atomic E-state index is -4.46. The van der Waals surface area contributed by atoms with E-state index in [1.165, 1.54) is 18.2 Å². The van der Waals surface area contributed by atoms with Crippen LogP contribution < -0.4 is 5.73 Å². The molecule has 1 aromatic heterocycles. The fourth-order valence-corrected chi connectivity index (χ4v) is 3.05. The van der Waals surface area contributed by atoms with Gasteiger partial charge >= 0.3 is 18.7 Å². The third-order valence-corrected chi connectivity index (χ3v) is 5.11. The van der Waals surface area contributed by atoms with E-state index in [2.05, 4.69) is 10.1 Å². The van der Waals surface area contributed by atoms with E-state index in [9.17, 15) is 26.7 Å². The molecule has 2 N–H and O–H groups in total. The van der Waals surface area contributed by atoms with Crippen LogP contribution in [0, 0.1) is 5.41 Å². The second kappa shape index (κ2) is 7.86. The number of carbonyl (C=O) groups excluding carboxylic acids is 1. The summed E-state index contributed by atoms with van der Waals surface area (Å²) in [5, 5.41) is 3.55. The first kappa shape index (κ1) is 21.4.